The molecule has 0 aliphatic carbocycles. The Kier molecular flexibility index (Phi) is 5.89. The summed E-state index contributed by atoms with van der Waals surface area (Å²) in [6, 6.07) is 14.0. The molecule has 24 heavy (non-hydrogen) atoms. The van der Waals surface area contributed by atoms with Gasteiger partial charge in [-0.1, -0.05) is 30.0 Å². The molecule has 3 nitrogen and oxygen atoms in total. The summed E-state index contributed by atoms with van der Waals surface area (Å²) in [5.41, 5.74) is 3.18. The fraction of sp³-hybridized carbons (Fsp3) is 0.333. The summed E-state index contributed by atoms with van der Waals surface area (Å²) >= 11 is 0. The first-order valence-corrected chi connectivity index (χ1v) is 8.05. The Hall–Kier alpha value is -2.44. The largest absolute Gasteiger partial charge is 0.493 e. The van der Waals surface area contributed by atoms with Crippen molar-refractivity contribution in [2.24, 2.45) is 0 Å². The number of hydrogen-bond donors (Lipinski definition) is 0. The van der Waals surface area contributed by atoms with Crippen LogP contribution in [0.4, 0.5) is 0 Å². The summed E-state index contributed by atoms with van der Waals surface area (Å²) in [4.78, 5) is 0. The molecule has 0 saturated carbocycles. The minimum Gasteiger partial charge on any atom is -0.493 e. The van der Waals surface area contributed by atoms with Crippen molar-refractivity contribution in [2.45, 2.75) is 6.42 Å². The number of benzene rings is 2. The molecule has 2 rings (SSSR count). The molecule has 0 atom stereocenters. The van der Waals surface area contributed by atoms with Crippen LogP contribution in [0.15, 0.2) is 42.5 Å². The highest BCUT2D eigenvalue weighted by Gasteiger charge is 2.13. The fourth-order valence-electron chi connectivity index (χ4n) is 2.36. The van der Waals surface area contributed by atoms with E-state index in [4.69, 9.17) is 9.47 Å². The molecule has 0 fully saturated rings. The standard InChI is InChI=1S/C21H26NO2/c1-22(2,3)14-13-19-16-21(24-5)20(23-4)15-18(19)12-11-17-9-7-6-8-10-17/h6-10,15-16H,13-14H2,1-5H3/q+1. The van der Waals surface area contributed by atoms with Gasteiger partial charge in [0.25, 0.3) is 0 Å². The van der Waals surface area contributed by atoms with Crippen LogP contribution in [0.2, 0.25) is 0 Å². The Morgan fingerprint density at radius 3 is 2.08 bits per heavy atom. The van der Waals surface area contributed by atoms with Crippen LogP contribution in [0.25, 0.3) is 0 Å². The molecule has 0 N–H and O–H groups in total. The summed E-state index contributed by atoms with van der Waals surface area (Å²) in [7, 11) is 9.89. The van der Waals surface area contributed by atoms with Crippen LogP contribution in [0.1, 0.15) is 16.7 Å². The normalized spacial score (nSPS) is 10.7. The first kappa shape index (κ1) is 17.9. The van der Waals surface area contributed by atoms with Gasteiger partial charge >= 0.3 is 0 Å². The number of likely N-dealkylation sites (N-methyl/N-ethyl adjacent to an activating group) is 1. The lowest BCUT2D eigenvalue weighted by Gasteiger charge is -2.24. The number of rotatable bonds is 5. The second-order valence-corrected chi connectivity index (χ2v) is 6.74. The third-order valence-electron chi connectivity index (χ3n) is 3.78. The van der Waals surface area contributed by atoms with E-state index in [2.05, 4.69) is 33.0 Å². The Morgan fingerprint density at radius 1 is 0.875 bits per heavy atom. The van der Waals surface area contributed by atoms with Crippen LogP contribution in [-0.4, -0.2) is 46.4 Å². The van der Waals surface area contributed by atoms with E-state index in [1.54, 1.807) is 14.2 Å². The van der Waals surface area contributed by atoms with E-state index in [-0.39, 0.29) is 0 Å². The quantitative estimate of drug-likeness (QED) is 0.620. The van der Waals surface area contributed by atoms with Crippen molar-refractivity contribution in [1.82, 2.24) is 0 Å². The highest BCUT2D eigenvalue weighted by Crippen LogP contribution is 2.30. The summed E-state index contributed by atoms with van der Waals surface area (Å²) in [6.07, 6.45) is 0.933. The SMILES string of the molecule is COc1cc(C#Cc2ccccc2)c(CC[N+](C)(C)C)cc1OC. The molecule has 0 aliphatic rings. The van der Waals surface area contributed by atoms with Gasteiger partial charge in [0, 0.05) is 17.5 Å². The molecule has 3 heteroatoms. The summed E-state index contributed by atoms with van der Waals surface area (Å²) in [5, 5.41) is 0. The zero-order chi connectivity index (χ0) is 17.6. The van der Waals surface area contributed by atoms with E-state index in [0.717, 1.165) is 34.3 Å². The number of hydrogen-bond acceptors (Lipinski definition) is 2. The minimum atomic E-state index is 0.712. The van der Waals surface area contributed by atoms with Crippen molar-refractivity contribution >= 4 is 0 Å². The lowest BCUT2D eigenvalue weighted by molar-refractivity contribution is -0.870. The van der Waals surface area contributed by atoms with Crippen molar-refractivity contribution in [3.63, 3.8) is 0 Å². The van der Waals surface area contributed by atoms with Gasteiger partial charge in [0.2, 0.25) is 0 Å². The third kappa shape index (κ3) is 5.04. The van der Waals surface area contributed by atoms with Crippen LogP contribution in [-0.2, 0) is 6.42 Å². The highest BCUT2D eigenvalue weighted by atomic mass is 16.5. The molecule has 0 aromatic heterocycles. The topological polar surface area (TPSA) is 18.5 Å². The molecule has 0 amide bonds. The van der Waals surface area contributed by atoms with E-state index in [1.807, 2.05) is 42.5 Å². The van der Waals surface area contributed by atoms with Gasteiger partial charge in [-0.15, -0.1) is 0 Å². The van der Waals surface area contributed by atoms with Gasteiger partial charge in [-0.05, 0) is 29.8 Å². The highest BCUT2D eigenvalue weighted by molar-refractivity contribution is 5.55. The van der Waals surface area contributed by atoms with Crippen LogP contribution in [0.5, 0.6) is 11.5 Å². The third-order valence-corrected chi connectivity index (χ3v) is 3.78. The second kappa shape index (κ2) is 7.90. The average molecular weight is 324 g/mol. The zero-order valence-corrected chi connectivity index (χ0v) is 15.2. The van der Waals surface area contributed by atoms with Crippen molar-refractivity contribution in [1.29, 1.82) is 0 Å². The van der Waals surface area contributed by atoms with Crippen LogP contribution >= 0.6 is 0 Å². The van der Waals surface area contributed by atoms with Crippen LogP contribution in [0, 0.1) is 11.8 Å². The van der Waals surface area contributed by atoms with Crippen molar-refractivity contribution in [3.05, 3.63) is 59.2 Å². The predicted molar refractivity (Wildman–Crippen MR) is 98.6 cm³/mol. The fourth-order valence-corrected chi connectivity index (χ4v) is 2.36. The maximum atomic E-state index is 5.45. The number of quaternary nitrogens is 1. The van der Waals surface area contributed by atoms with E-state index in [1.165, 1.54) is 5.56 Å². The van der Waals surface area contributed by atoms with Gasteiger partial charge in [0.15, 0.2) is 11.5 Å². The van der Waals surface area contributed by atoms with Crippen LogP contribution in [0.3, 0.4) is 0 Å². The van der Waals surface area contributed by atoms with Crippen molar-refractivity contribution in [2.75, 3.05) is 41.9 Å². The lowest BCUT2D eigenvalue weighted by atomic mass is 10.0. The molecule has 0 bridgehead atoms. The van der Waals surface area contributed by atoms with Gasteiger partial charge in [0.1, 0.15) is 0 Å². The minimum absolute atomic E-state index is 0.712. The molecule has 0 radical (unpaired) electrons. The summed E-state index contributed by atoms with van der Waals surface area (Å²) < 4.78 is 11.8. The Balaban J connectivity index is 2.41. The number of nitrogens with zero attached hydrogens (tertiary/aromatic N) is 1. The second-order valence-electron chi connectivity index (χ2n) is 6.74. The number of methoxy groups -OCH3 is 2. The Labute approximate surface area is 145 Å². The first-order chi connectivity index (χ1) is 11.4. The van der Waals surface area contributed by atoms with Gasteiger partial charge in [-0.2, -0.15) is 0 Å². The van der Waals surface area contributed by atoms with Gasteiger partial charge in [-0.25, -0.2) is 0 Å². The molecular weight excluding hydrogens is 298 g/mol. The van der Waals surface area contributed by atoms with Crippen LogP contribution < -0.4 is 9.47 Å². The van der Waals surface area contributed by atoms with E-state index < -0.39 is 0 Å². The van der Waals surface area contributed by atoms with E-state index in [0.29, 0.717) is 5.75 Å². The molecule has 0 spiro atoms. The average Bonchev–Trinajstić information content (AvgIpc) is 2.58. The predicted octanol–water partition coefficient (Wildman–Crippen LogP) is 3.35. The number of ether oxygens (including phenoxy) is 2. The van der Waals surface area contributed by atoms with Crippen molar-refractivity contribution in [3.8, 4) is 23.3 Å². The van der Waals surface area contributed by atoms with Crippen molar-refractivity contribution < 1.29 is 14.0 Å². The molecule has 0 aliphatic heterocycles. The Morgan fingerprint density at radius 2 is 1.50 bits per heavy atom. The van der Waals surface area contributed by atoms with E-state index in [9.17, 15) is 0 Å². The first-order valence-electron chi connectivity index (χ1n) is 8.05. The molecular formula is C21H26NO2+. The molecule has 0 saturated heterocycles. The molecule has 2 aromatic rings. The van der Waals surface area contributed by atoms with E-state index >= 15 is 0 Å². The smallest absolute Gasteiger partial charge is 0.161 e. The maximum absolute atomic E-state index is 5.45. The summed E-state index contributed by atoms with van der Waals surface area (Å²) in [5.74, 6) is 8.00. The molecule has 2 aromatic carbocycles. The molecule has 0 heterocycles. The molecule has 0 unspecified atom stereocenters. The summed E-state index contributed by atoms with van der Waals surface area (Å²) in [6.45, 7) is 1.02. The maximum Gasteiger partial charge on any atom is 0.161 e. The molecule has 126 valence electrons. The van der Waals surface area contributed by atoms with Gasteiger partial charge in [-0.3, -0.25) is 0 Å². The monoisotopic (exact) mass is 324 g/mol. The zero-order valence-electron chi connectivity index (χ0n) is 15.2. The van der Waals surface area contributed by atoms with Gasteiger partial charge in [0.05, 0.1) is 41.9 Å². The lowest BCUT2D eigenvalue weighted by Crippen LogP contribution is -2.36. The Bertz CT molecular complexity index is 734. The van der Waals surface area contributed by atoms with Gasteiger partial charge < -0.3 is 14.0 Å².